The fourth-order valence-corrected chi connectivity index (χ4v) is 3.81. The predicted octanol–water partition coefficient (Wildman–Crippen LogP) is 2.83. The highest BCUT2D eigenvalue weighted by atomic mass is 19.2. The van der Waals surface area contributed by atoms with E-state index in [1.165, 1.54) is 10.6 Å². The molecule has 7 heteroatoms. The fourth-order valence-electron chi connectivity index (χ4n) is 3.81. The molecule has 142 valence electrons. The van der Waals surface area contributed by atoms with E-state index in [4.69, 9.17) is 0 Å². The maximum atomic E-state index is 14.2. The minimum atomic E-state index is -1.11. The quantitative estimate of drug-likeness (QED) is 0.886. The molecule has 0 aliphatic carbocycles. The molecule has 0 bridgehead atoms. The summed E-state index contributed by atoms with van der Waals surface area (Å²) in [6.07, 6.45) is 1.80. The molecule has 0 unspecified atom stereocenters. The van der Waals surface area contributed by atoms with Crippen molar-refractivity contribution in [2.45, 2.75) is 52.2 Å². The smallest absolute Gasteiger partial charge is 0.264 e. The summed E-state index contributed by atoms with van der Waals surface area (Å²) in [6.45, 7) is 9.04. The Morgan fingerprint density at radius 1 is 1.35 bits per heavy atom. The van der Waals surface area contributed by atoms with Crippen LogP contribution in [0, 0.1) is 11.6 Å². The highest BCUT2D eigenvalue weighted by Crippen LogP contribution is 2.27. The van der Waals surface area contributed by atoms with E-state index >= 15 is 0 Å². The van der Waals surface area contributed by atoms with Crippen molar-refractivity contribution in [3.8, 4) is 0 Å². The number of benzene rings is 1. The number of nitrogens with zero attached hydrogens (tertiary/aromatic N) is 3. The zero-order valence-electron chi connectivity index (χ0n) is 15.6. The largest absolute Gasteiger partial charge is 0.312 e. The molecule has 26 heavy (non-hydrogen) atoms. The molecular weight excluding hydrogens is 338 g/mol. The van der Waals surface area contributed by atoms with E-state index in [2.05, 4.69) is 29.0 Å². The molecule has 1 aliphatic heterocycles. The van der Waals surface area contributed by atoms with Crippen molar-refractivity contribution in [1.29, 1.82) is 0 Å². The third kappa shape index (κ3) is 3.38. The van der Waals surface area contributed by atoms with E-state index in [1.54, 1.807) is 0 Å². The number of hydrogen-bond donors (Lipinski definition) is 1. The van der Waals surface area contributed by atoms with Crippen LogP contribution in [-0.2, 0) is 6.54 Å². The Morgan fingerprint density at radius 3 is 2.77 bits per heavy atom. The number of halogens is 2. The molecule has 1 aliphatic rings. The van der Waals surface area contributed by atoms with E-state index in [-0.39, 0.29) is 16.9 Å². The molecule has 3 rings (SSSR count). The van der Waals surface area contributed by atoms with Gasteiger partial charge in [-0.25, -0.2) is 13.8 Å². The molecule has 0 radical (unpaired) electrons. The van der Waals surface area contributed by atoms with Gasteiger partial charge in [-0.1, -0.05) is 13.3 Å². The summed E-state index contributed by atoms with van der Waals surface area (Å²) in [7, 11) is 0. The Bertz CT molecular complexity index is 852. The minimum absolute atomic E-state index is 0.0188. The first-order valence-corrected chi connectivity index (χ1v) is 9.33. The zero-order valence-corrected chi connectivity index (χ0v) is 15.6. The first-order valence-electron chi connectivity index (χ1n) is 9.33. The van der Waals surface area contributed by atoms with E-state index in [0.717, 1.165) is 38.5 Å². The predicted molar refractivity (Wildman–Crippen MR) is 98.3 cm³/mol. The number of hydrogen-bond acceptors (Lipinski definition) is 4. The van der Waals surface area contributed by atoms with Crippen LogP contribution in [-0.4, -0.2) is 40.1 Å². The Balaban J connectivity index is 2.17. The summed E-state index contributed by atoms with van der Waals surface area (Å²) in [5.41, 5.74) is -0.285. The summed E-state index contributed by atoms with van der Waals surface area (Å²) >= 11 is 0. The lowest BCUT2D eigenvalue weighted by molar-refractivity contribution is 0.132. The van der Waals surface area contributed by atoms with Gasteiger partial charge in [0.25, 0.3) is 5.56 Å². The van der Waals surface area contributed by atoms with Crippen LogP contribution in [0.4, 0.5) is 8.78 Å². The van der Waals surface area contributed by atoms with Crippen molar-refractivity contribution in [3.05, 3.63) is 39.9 Å². The van der Waals surface area contributed by atoms with Gasteiger partial charge in [0.1, 0.15) is 11.2 Å². The van der Waals surface area contributed by atoms with Gasteiger partial charge >= 0.3 is 0 Å². The van der Waals surface area contributed by atoms with Gasteiger partial charge < -0.3 is 5.32 Å². The van der Waals surface area contributed by atoms with Crippen molar-refractivity contribution in [2.75, 3.05) is 19.6 Å². The van der Waals surface area contributed by atoms with Gasteiger partial charge in [0.05, 0.1) is 11.6 Å². The van der Waals surface area contributed by atoms with Crippen molar-refractivity contribution >= 4 is 10.9 Å². The van der Waals surface area contributed by atoms with Gasteiger partial charge in [-0.2, -0.15) is 0 Å². The molecule has 0 amide bonds. The first kappa shape index (κ1) is 18.9. The van der Waals surface area contributed by atoms with Gasteiger partial charge in [-0.15, -0.1) is 0 Å². The highest BCUT2D eigenvalue weighted by Gasteiger charge is 2.29. The molecule has 1 fully saturated rings. The van der Waals surface area contributed by atoms with Gasteiger partial charge in [0.2, 0.25) is 0 Å². The van der Waals surface area contributed by atoms with E-state index in [0.29, 0.717) is 18.4 Å². The lowest BCUT2D eigenvalue weighted by Crippen LogP contribution is -2.51. The third-order valence-corrected chi connectivity index (χ3v) is 5.06. The molecule has 0 spiro atoms. The molecule has 5 nitrogen and oxygen atoms in total. The van der Waals surface area contributed by atoms with Crippen LogP contribution in [0.15, 0.2) is 16.9 Å². The van der Waals surface area contributed by atoms with Crippen LogP contribution in [0.3, 0.4) is 0 Å². The molecule has 0 saturated carbocycles. The minimum Gasteiger partial charge on any atom is -0.312 e. The topological polar surface area (TPSA) is 50.2 Å². The zero-order chi connectivity index (χ0) is 18.8. The molecule has 2 aromatic rings. The number of rotatable bonds is 5. The second-order valence-corrected chi connectivity index (χ2v) is 6.93. The van der Waals surface area contributed by atoms with Crippen molar-refractivity contribution in [3.63, 3.8) is 0 Å². The summed E-state index contributed by atoms with van der Waals surface area (Å²) in [4.78, 5) is 19.9. The molecule has 1 saturated heterocycles. The Hall–Kier alpha value is -1.86. The summed E-state index contributed by atoms with van der Waals surface area (Å²) in [5.74, 6) is -1.49. The normalized spacial score (nSPS) is 19.8. The molecular formula is C19H26F2N4O. The molecule has 1 N–H and O–H groups in total. The SMILES string of the molecule is CCC[C@H](c1nc2ccc(F)c(F)c2c(=O)n1CC)N1CCN[C@@H](C)C1. The van der Waals surface area contributed by atoms with Gasteiger partial charge in [-0.05, 0) is 32.4 Å². The van der Waals surface area contributed by atoms with Gasteiger partial charge in [0.15, 0.2) is 11.6 Å². The second-order valence-electron chi connectivity index (χ2n) is 6.93. The maximum absolute atomic E-state index is 14.2. The van der Waals surface area contributed by atoms with Crippen LogP contribution in [0.1, 0.15) is 45.5 Å². The van der Waals surface area contributed by atoms with E-state index in [1.807, 2.05) is 6.92 Å². The maximum Gasteiger partial charge on any atom is 0.264 e. The molecule has 2 heterocycles. The number of fused-ring (bicyclic) bond motifs is 1. The van der Waals surface area contributed by atoms with Crippen LogP contribution in [0.5, 0.6) is 0 Å². The molecule has 1 aromatic carbocycles. The summed E-state index contributed by atoms with van der Waals surface area (Å²) in [5, 5.41) is 3.16. The number of nitrogens with one attached hydrogen (secondary N) is 1. The molecule has 1 aromatic heterocycles. The van der Waals surface area contributed by atoms with Crippen molar-refractivity contribution in [2.24, 2.45) is 0 Å². The monoisotopic (exact) mass is 364 g/mol. The Kier molecular flexibility index (Phi) is 5.67. The summed E-state index contributed by atoms with van der Waals surface area (Å²) < 4.78 is 29.3. The highest BCUT2D eigenvalue weighted by molar-refractivity contribution is 5.78. The van der Waals surface area contributed by atoms with Crippen molar-refractivity contribution in [1.82, 2.24) is 19.8 Å². The van der Waals surface area contributed by atoms with Crippen LogP contribution in [0.25, 0.3) is 10.9 Å². The van der Waals surface area contributed by atoms with Gasteiger partial charge in [0, 0.05) is 32.2 Å². The third-order valence-electron chi connectivity index (χ3n) is 5.06. The fraction of sp³-hybridized carbons (Fsp3) is 0.579. The molecule has 2 atom stereocenters. The average Bonchev–Trinajstić information content (AvgIpc) is 2.62. The number of piperazine rings is 1. The standard InChI is InChI=1S/C19H26F2N4O/c1-4-6-15(24-10-9-22-12(3)11-24)18-23-14-8-7-13(20)17(21)16(14)19(26)25(18)5-2/h7-8,12,15,22H,4-6,9-11H2,1-3H3/t12-,15+/m0/s1. The number of aromatic nitrogens is 2. The lowest BCUT2D eigenvalue weighted by atomic mass is 10.1. The lowest BCUT2D eigenvalue weighted by Gasteiger charge is -2.38. The van der Waals surface area contributed by atoms with Gasteiger partial charge in [-0.3, -0.25) is 14.3 Å². The summed E-state index contributed by atoms with van der Waals surface area (Å²) in [6, 6.07) is 2.76. The Morgan fingerprint density at radius 2 is 2.12 bits per heavy atom. The average molecular weight is 364 g/mol. The van der Waals surface area contributed by atoms with Crippen LogP contribution >= 0.6 is 0 Å². The van der Waals surface area contributed by atoms with Crippen LogP contribution < -0.4 is 10.9 Å². The van der Waals surface area contributed by atoms with E-state index in [9.17, 15) is 13.6 Å². The van der Waals surface area contributed by atoms with Crippen LogP contribution in [0.2, 0.25) is 0 Å². The second kappa shape index (κ2) is 7.80. The first-order chi connectivity index (χ1) is 12.5. The Labute approximate surface area is 152 Å². The van der Waals surface area contributed by atoms with E-state index < -0.39 is 17.2 Å². The van der Waals surface area contributed by atoms with Crippen molar-refractivity contribution < 1.29 is 8.78 Å².